The standard InChI is InChI=1S/C42H84NO12P/c1-3-5-7-9-11-13-15-17-18-19-21-23-25-27-29-31-35(45)43-33(32-54-56(52,53)55-42-40(50)38(48)37(47)39(49)41(42)51)36(46)34(44)30-28-26-24-22-20-16-14-12-10-8-6-4-2/h33-34,36-42,44,46-51H,3-32H2,1-2H3,(H,43,45)(H,52,53)/t33-,34+,36-,37?,38-,39+,40+,41+,42?/m0/s1. The highest BCUT2D eigenvalue weighted by atomic mass is 31.2. The molecule has 13 nitrogen and oxygen atoms in total. The number of nitrogens with one attached hydrogen (secondary N) is 1. The molecule has 334 valence electrons. The molecule has 1 aliphatic carbocycles. The maximum atomic E-state index is 13.0. The second-order valence-electron chi connectivity index (χ2n) is 16.4. The van der Waals surface area contributed by atoms with E-state index < -0.39 is 75.2 Å². The number of aliphatic hydroxyl groups is 7. The van der Waals surface area contributed by atoms with E-state index in [0.717, 1.165) is 38.5 Å². The van der Waals surface area contributed by atoms with Gasteiger partial charge in [-0.1, -0.05) is 181 Å². The average molecular weight is 826 g/mol. The monoisotopic (exact) mass is 826 g/mol. The highest BCUT2D eigenvalue weighted by Gasteiger charge is 2.51. The first-order chi connectivity index (χ1) is 26.9. The zero-order valence-corrected chi connectivity index (χ0v) is 36.0. The molecule has 1 aliphatic rings. The van der Waals surface area contributed by atoms with Gasteiger partial charge in [0.25, 0.3) is 0 Å². The zero-order chi connectivity index (χ0) is 41.6. The van der Waals surface area contributed by atoms with Gasteiger partial charge in [0.1, 0.15) is 42.7 Å². The molecule has 0 aromatic rings. The molecular formula is C42H84NO12P. The van der Waals surface area contributed by atoms with Crippen LogP contribution in [0.15, 0.2) is 0 Å². The number of aliphatic hydroxyl groups excluding tert-OH is 7. The first-order valence-corrected chi connectivity index (χ1v) is 24.1. The number of unbranched alkanes of at least 4 members (excludes halogenated alkanes) is 25. The van der Waals surface area contributed by atoms with Crippen LogP contribution in [0.2, 0.25) is 0 Å². The van der Waals surface area contributed by atoms with Crippen LogP contribution < -0.4 is 5.32 Å². The number of carbonyl (C=O) groups excluding carboxylic acids is 1. The summed E-state index contributed by atoms with van der Waals surface area (Å²) >= 11 is 0. The van der Waals surface area contributed by atoms with Crippen molar-refractivity contribution in [2.75, 3.05) is 6.61 Å². The minimum absolute atomic E-state index is 0.155. The summed E-state index contributed by atoms with van der Waals surface area (Å²) in [6.07, 6.45) is 17.1. The van der Waals surface area contributed by atoms with E-state index in [2.05, 4.69) is 19.2 Å². The second kappa shape index (κ2) is 33.1. The molecule has 3 unspecified atom stereocenters. The first kappa shape index (κ1) is 53.3. The molecule has 1 rings (SSSR count). The Hall–Kier alpha value is -0.700. The summed E-state index contributed by atoms with van der Waals surface area (Å²) in [5, 5.41) is 74.8. The number of phosphoric acid groups is 1. The van der Waals surface area contributed by atoms with Gasteiger partial charge in [0.2, 0.25) is 5.91 Å². The third-order valence-electron chi connectivity index (χ3n) is 11.3. The largest absolute Gasteiger partial charge is 0.472 e. The highest BCUT2D eigenvalue weighted by molar-refractivity contribution is 7.47. The fourth-order valence-corrected chi connectivity index (χ4v) is 8.44. The summed E-state index contributed by atoms with van der Waals surface area (Å²) in [4.78, 5) is 23.4. The molecule has 9 N–H and O–H groups in total. The van der Waals surface area contributed by atoms with Crippen molar-refractivity contribution >= 4 is 13.7 Å². The lowest BCUT2D eigenvalue weighted by molar-refractivity contribution is -0.220. The van der Waals surface area contributed by atoms with E-state index in [1.54, 1.807) is 0 Å². The molecule has 0 saturated heterocycles. The molecule has 0 heterocycles. The lowest BCUT2D eigenvalue weighted by Crippen LogP contribution is -2.64. The Balaban J connectivity index is 2.55. The fraction of sp³-hybridized carbons (Fsp3) is 0.976. The SMILES string of the molecule is CCCCCCCCCCCCCCCCCC(=O)N[C@@H](COP(=O)(O)OC1[C@H](O)[C@H](O)C(O)[C@H](O)[C@H]1O)[C@H](O)[C@H](O)CCCCCCCCCCCCCC. The smallest absolute Gasteiger partial charge is 0.390 e. The van der Waals surface area contributed by atoms with Gasteiger partial charge in [0.15, 0.2) is 0 Å². The molecule has 10 atom stereocenters. The van der Waals surface area contributed by atoms with Crippen LogP contribution in [0.5, 0.6) is 0 Å². The normalized spacial score (nSPS) is 24.1. The lowest BCUT2D eigenvalue weighted by Gasteiger charge is -2.41. The van der Waals surface area contributed by atoms with Crippen LogP contribution in [-0.2, 0) is 18.4 Å². The van der Waals surface area contributed by atoms with Gasteiger partial charge in [-0.3, -0.25) is 13.8 Å². The van der Waals surface area contributed by atoms with Crippen LogP contribution in [0, 0.1) is 0 Å². The Morgan fingerprint density at radius 2 is 0.893 bits per heavy atom. The predicted octanol–water partition coefficient (Wildman–Crippen LogP) is 6.87. The van der Waals surface area contributed by atoms with E-state index in [1.807, 2.05) is 0 Å². The zero-order valence-electron chi connectivity index (χ0n) is 35.1. The van der Waals surface area contributed by atoms with E-state index in [9.17, 15) is 50.0 Å². The Morgan fingerprint density at radius 1 is 0.554 bits per heavy atom. The summed E-state index contributed by atoms with van der Waals surface area (Å²) in [5.41, 5.74) is 0. The average Bonchev–Trinajstić information content (AvgIpc) is 3.18. The van der Waals surface area contributed by atoms with Gasteiger partial charge in [-0.05, 0) is 12.8 Å². The maximum Gasteiger partial charge on any atom is 0.472 e. The highest BCUT2D eigenvalue weighted by Crippen LogP contribution is 2.47. The number of hydrogen-bond donors (Lipinski definition) is 9. The molecular weight excluding hydrogens is 741 g/mol. The molecule has 0 aliphatic heterocycles. The first-order valence-electron chi connectivity index (χ1n) is 22.6. The lowest BCUT2D eigenvalue weighted by atomic mass is 9.85. The molecule has 0 bridgehead atoms. The van der Waals surface area contributed by atoms with Crippen molar-refractivity contribution in [3.05, 3.63) is 0 Å². The topological polar surface area (TPSA) is 226 Å². The van der Waals surface area contributed by atoms with Crippen molar-refractivity contribution in [1.82, 2.24) is 5.32 Å². The third-order valence-corrected chi connectivity index (χ3v) is 12.2. The number of carbonyl (C=O) groups is 1. The molecule has 1 fully saturated rings. The van der Waals surface area contributed by atoms with Crippen LogP contribution in [0.1, 0.15) is 200 Å². The molecule has 1 saturated carbocycles. The van der Waals surface area contributed by atoms with Crippen molar-refractivity contribution in [1.29, 1.82) is 0 Å². The van der Waals surface area contributed by atoms with Crippen molar-refractivity contribution in [3.63, 3.8) is 0 Å². The van der Waals surface area contributed by atoms with Crippen LogP contribution in [0.25, 0.3) is 0 Å². The van der Waals surface area contributed by atoms with Crippen molar-refractivity contribution < 1.29 is 59.0 Å². The van der Waals surface area contributed by atoms with Gasteiger partial charge in [0, 0.05) is 6.42 Å². The van der Waals surface area contributed by atoms with E-state index in [-0.39, 0.29) is 12.8 Å². The summed E-state index contributed by atoms with van der Waals surface area (Å²) in [5.74, 6) is -0.419. The van der Waals surface area contributed by atoms with Gasteiger partial charge in [-0.2, -0.15) is 0 Å². The molecule has 0 aromatic carbocycles. The van der Waals surface area contributed by atoms with E-state index in [1.165, 1.54) is 122 Å². The van der Waals surface area contributed by atoms with Crippen LogP contribution in [0.3, 0.4) is 0 Å². The van der Waals surface area contributed by atoms with Gasteiger partial charge in [-0.25, -0.2) is 4.57 Å². The third kappa shape index (κ3) is 24.4. The quantitative estimate of drug-likeness (QED) is 0.0231. The van der Waals surface area contributed by atoms with Crippen molar-refractivity contribution in [3.8, 4) is 0 Å². The number of phosphoric ester groups is 1. The molecule has 0 spiro atoms. The number of amides is 1. The Morgan fingerprint density at radius 3 is 1.29 bits per heavy atom. The predicted molar refractivity (Wildman–Crippen MR) is 220 cm³/mol. The number of hydrogen-bond acceptors (Lipinski definition) is 11. The number of rotatable bonds is 37. The minimum Gasteiger partial charge on any atom is -0.390 e. The van der Waals surface area contributed by atoms with Crippen LogP contribution >= 0.6 is 7.82 Å². The molecule has 14 heteroatoms. The summed E-state index contributed by atoms with van der Waals surface area (Å²) in [7, 11) is -5.15. The molecule has 0 radical (unpaired) electrons. The van der Waals surface area contributed by atoms with E-state index in [4.69, 9.17) is 9.05 Å². The van der Waals surface area contributed by atoms with Crippen molar-refractivity contribution in [2.24, 2.45) is 0 Å². The van der Waals surface area contributed by atoms with Gasteiger partial charge in [-0.15, -0.1) is 0 Å². The molecule has 1 amide bonds. The van der Waals surface area contributed by atoms with Crippen LogP contribution in [0.4, 0.5) is 0 Å². The van der Waals surface area contributed by atoms with E-state index in [0.29, 0.717) is 12.8 Å². The summed E-state index contributed by atoms with van der Waals surface area (Å²) in [6.45, 7) is 3.69. The van der Waals surface area contributed by atoms with Crippen LogP contribution in [-0.4, -0.2) is 108 Å². The summed E-state index contributed by atoms with van der Waals surface area (Å²) < 4.78 is 22.8. The van der Waals surface area contributed by atoms with E-state index >= 15 is 0 Å². The molecule has 0 aromatic heterocycles. The summed E-state index contributed by atoms with van der Waals surface area (Å²) in [6, 6.07) is -1.30. The molecule has 56 heavy (non-hydrogen) atoms. The Kier molecular flexibility index (Phi) is 31.5. The Bertz CT molecular complexity index is 979. The maximum absolute atomic E-state index is 13.0. The van der Waals surface area contributed by atoms with Crippen molar-refractivity contribution in [2.45, 2.75) is 255 Å². The van der Waals surface area contributed by atoms with Gasteiger partial charge in [0.05, 0.1) is 18.8 Å². The second-order valence-corrected chi connectivity index (χ2v) is 17.8. The fourth-order valence-electron chi connectivity index (χ4n) is 7.48. The van der Waals surface area contributed by atoms with Gasteiger partial charge < -0.3 is 46.0 Å². The Labute approximate surface area is 339 Å². The minimum atomic E-state index is -5.15. The van der Waals surface area contributed by atoms with Gasteiger partial charge >= 0.3 is 7.82 Å².